The Kier molecular flexibility index (Phi) is 4.29. The molecule has 1 spiro atoms. The summed E-state index contributed by atoms with van der Waals surface area (Å²) in [6, 6.07) is 2.43. The van der Waals surface area contributed by atoms with Crippen LogP contribution < -0.4 is 21.1 Å². The molecule has 1 fully saturated rings. The summed E-state index contributed by atoms with van der Waals surface area (Å²) >= 11 is 0. The van der Waals surface area contributed by atoms with Gasteiger partial charge in [-0.1, -0.05) is 6.42 Å². The Morgan fingerprint density at radius 2 is 1.92 bits per heavy atom. The van der Waals surface area contributed by atoms with E-state index in [9.17, 15) is 8.78 Å². The summed E-state index contributed by atoms with van der Waals surface area (Å²) in [6.45, 7) is 1.99. The highest BCUT2D eigenvalue weighted by Gasteiger charge is 2.45. The van der Waals surface area contributed by atoms with E-state index in [1.807, 2.05) is 0 Å². The Hall–Kier alpha value is -2.38. The van der Waals surface area contributed by atoms with E-state index in [2.05, 4.69) is 9.98 Å². The summed E-state index contributed by atoms with van der Waals surface area (Å²) in [5, 5.41) is 0. The predicted molar refractivity (Wildman–Crippen MR) is 89.1 cm³/mol. The highest BCUT2D eigenvalue weighted by Crippen LogP contribution is 2.42. The fourth-order valence-corrected chi connectivity index (χ4v) is 3.44. The summed E-state index contributed by atoms with van der Waals surface area (Å²) in [7, 11) is 0. The van der Waals surface area contributed by atoms with Gasteiger partial charge in [0.15, 0.2) is 11.6 Å². The molecular weight excluding hydrogens is 316 g/mol. The first-order valence-corrected chi connectivity index (χ1v) is 8.09. The number of nitrogens with two attached hydrogens (primary N) is 2. The maximum Gasteiger partial charge on any atom is 0.220 e. The number of hydrogen-bond acceptors (Lipinski definition) is 6. The van der Waals surface area contributed by atoms with Gasteiger partial charge in [0.1, 0.15) is 17.2 Å². The molecule has 0 atom stereocenters. The third-order valence-corrected chi connectivity index (χ3v) is 4.41. The van der Waals surface area contributed by atoms with Crippen LogP contribution in [0.4, 0.5) is 14.5 Å². The lowest BCUT2D eigenvalue weighted by molar-refractivity contribution is 0.297. The van der Waals surface area contributed by atoms with E-state index in [0.29, 0.717) is 12.8 Å². The zero-order valence-corrected chi connectivity index (χ0v) is 13.6. The molecular formula is C16H21F2N5O. The molecule has 4 N–H and O–H groups in total. The summed E-state index contributed by atoms with van der Waals surface area (Å²) in [4.78, 5) is 9.68. The minimum absolute atomic E-state index is 0.0322. The first kappa shape index (κ1) is 16.5. The van der Waals surface area contributed by atoms with Crippen LogP contribution in [0.5, 0.6) is 5.75 Å². The molecule has 0 amide bonds. The summed E-state index contributed by atoms with van der Waals surface area (Å²) in [5.74, 6) is -1.61. The molecule has 8 heteroatoms. The number of nitrogens with zero attached hydrogens (tertiary/aromatic N) is 3. The number of hydrogen-bond donors (Lipinski definition) is 2. The van der Waals surface area contributed by atoms with E-state index < -0.39 is 17.3 Å². The molecule has 130 valence electrons. The Labute approximate surface area is 139 Å². The minimum atomic E-state index is -0.902. The van der Waals surface area contributed by atoms with Crippen LogP contribution >= 0.6 is 0 Å². The number of aliphatic imine (C=N–C) groups is 2. The van der Waals surface area contributed by atoms with Crippen LogP contribution in [0.3, 0.4) is 0 Å². The monoisotopic (exact) mass is 337 g/mol. The van der Waals surface area contributed by atoms with Crippen molar-refractivity contribution in [1.82, 2.24) is 0 Å². The Balaban J connectivity index is 2.15. The Morgan fingerprint density at radius 1 is 1.21 bits per heavy atom. The zero-order valence-electron chi connectivity index (χ0n) is 13.6. The van der Waals surface area contributed by atoms with Crippen molar-refractivity contribution in [3.8, 4) is 5.75 Å². The molecule has 1 aromatic carbocycles. The van der Waals surface area contributed by atoms with Crippen molar-refractivity contribution in [2.75, 3.05) is 11.5 Å². The lowest BCUT2D eigenvalue weighted by atomic mass is 9.87. The fourth-order valence-electron chi connectivity index (χ4n) is 3.44. The summed E-state index contributed by atoms with van der Waals surface area (Å²) < 4.78 is 34.7. The van der Waals surface area contributed by atoms with Gasteiger partial charge in [0.2, 0.25) is 11.9 Å². The van der Waals surface area contributed by atoms with Gasteiger partial charge in [0.05, 0.1) is 6.61 Å². The topological polar surface area (TPSA) is 89.2 Å². The third kappa shape index (κ3) is 2.65. The van der Waals surface area contributed by atoms with Crippen LogP contribution in [0.25, 0.3) is 0 Å². The molecule has 24 heavy (non-hydrogen) atoms. The lowest BCUT2D eigenvalue weighted by Gasteiger charge is -2.45. The van der Waals surface area contributed by atoms with Crippen molar-refractivity contribution in [3.05, 3.63) is 23.8 Å². The van der Waals surface area contributed by atoms with Crippen molar-refractivity contribution in [2.24, 2.45) is 21.5 Å². The van der Waals surface area contributed by atoms with Gasteiger partial charge in [0.25, 0.3) is 0 Å². The molecule has 1 heterocycles. The molecule has 0 bridgehead atoms. The van der Waals surface area contributed by atoms with Crippen molar-refractivity contribution in [2.45, 2.75) is 44.7 Å². The SMILES string of the molecule is CCOc1ccc(F)c(N2C(N)=NC(N)=NC23CCCCC3)c1F. The van der Waals surface area contributed by atoms with E-state index in [1.54, 1.807) is 6.92 Å². The van der Waals surface area contributed by atoms with Gasteiger partial charge in [-0.2, -0.15) is 4.99 Å². The van der Waals surface area contributed by atoms with Gasteiger partial charge in [-0.05, 0) is 44.7 Å². The number of rotatable bonds is 3. The normalized spacial score (nSPS) is 19.9. The Morgan fingerprint density at radius 3 is 2.58 bits per heavy atom. The average Bonchev–Trinajstić information content (AvgIpc) is 2.53. The van der Waals surface area contributed by atoms with Crippen molar-refractivity contribution >= 4 is 17.6 Å². The third-order valence-electron chi connectivity index (χ3n) is 4.41. The molecule has 2 aliphatic rings. The van der Waals surface area contributed by atoms with Crippen LogP contribution in [0.1, 0.15) is 39.0 Å². The largest absolute Gasteiger partial charge is 0.491 e. The van der Waals surface area contributed by atoms with Gasteiger partial charge < -0.3 is 16.2 Å². The maximum absolute atomic E-state index is 14.9. The average molecular weight is 337 g/mol. The standard InChI is InChI=1S/C16H21F2N5O/c1-2-24-11-7-6-10(17)13(12(11)18)23-15(20)21-14(19)22-16(23)8-4-3-5-9-16/h6-7H,2-5,8-9H2,1H3,(H4,19,20,21,22). The predicted octanol–water partition coefficient (Wildman–Crippen LogP) is 2.47. The van der Waals surface area contributed by atoms with Gasteiger partial charge in [-0.15, -0.1) is 0 Å². The molecule has 0 aromatic heterocycles. The van der Waals surface area contributed by atoms with Gasteiger partial charge in [0, 0.05) is 0 Å². The molecule has 1 aliphatic heterocycles. The fraction of sp³-hybridized carbons (Fsp3) is 0.500. The van der Waals surface area contributed by atoms with Crippen LogP contribution in [0.15, 0.2) is 22.1 Å². The zero-order chi connectivity index (χ0) is 17.3. The van der Waals surface area contributed by atoms with Crippen molar-refractivity contribution in [1.29, 1.82) is 0 Å². The first-order valence-electron chi connectivity index (χ1n) is 8.09. The van der Waals surface area contributed by atoms with E-state index in [-0.39, 0.29) is 30.0 Å². The van der Waals surface area contributed by atoms with Gasteiger partial charge in [-0.3, -0.25) is 4.90 Å². The first-order chi connectivity index (χ1) is 11.5. The highest BCUT2D eigenvalue weighted by atomic mass is 19.1. The minimum Gasteiger partial charge on any atom is -0.491 e. The van der Waals surface area contributed by atoms with E-state index in [4.69, 9.17) is 16.2 Å². The van der Waals surface area contributed by atoms with E-state index >= 15 is 0 Å². The van der Waals surface area contributed by atoms with Crippen LogP contribution in [0, 0.1) is 11.6 Å². The molecule has 1 aliphatic carbocycles. The van der Waals surface area contributed by atoms with Crippen LogP contribution in [-0.4, -0.2) is 24.2 Å². The van der Waals surface area contributed by atoms with E-state index in [0.717, 1.165) is 25.3 Å². The number of ether oxygens (including phenoxy) is 1. The number of halogens is 2. The van der Waals surface area contributed by atoms with Crippen LogP contribution in [0.2, 0.25) is 0 Å². The second kappa shape index (κ2) is 6.26. The molecule has 0 saturated heterocycles. The second-order valence-corrected chi connectivity index (χ2v) is 5.96. The number of benzene rings is 1. The number of anilines is 1. The molecule has 1 aromatic rings. The molecule has 3 rings (SSSR count). The highest BCUT2D eigenvalue weighted by molar-refractivity contribution is 6.05. The summed E-state index contributed by atoms with van der Waals surface area (Å²) in [5.41, 5.74) is 10.6. The lowest BCUT2D eigenvalue weighted by Crippen LogP contribution is -2.58. The molecule has 0 radical (unpaired) electrons. The molecule has 1 saturated carbocycles. The Bertz CT molecular complexity index is 698. The van der Waals surface area contributed by atoms with Crippen molar-refractivity contribution < 1.29 is 13.5 Å². The molecule has 6 nitrogen and oxygen atoms in total. The van der Waals surface area contributed by atoms with E-state index in [1.165, 1.54) is 11.0 Å². The van der Waals surface area contributed by atoms with Crippen LogP contribution in [-0.2, 0) is 0 Å². The molecule has 0 unspecified atom stereocenters. The summed E-state index contributed by atoms with van der Waals surface area (Å²) in [6.07, 6.45) is 3.97. The second-order valence-electron chi connectivity index (χ2n) is 5.96. The quantitative estimate of drug-likeness (QED) is 0.887. The maximum atomic E-state index is 14.9. The van der Waals surface area contributed by atoms with Gasteiger partial charge >= 0.3 is 0 Å². The smallest absolute Gasteiger partial charge is 0.220 e. The van der Waals surface area contributed by atoms with Gasteiger partial charge in [-0.25, -0.2) is 13.8 Å². The van der Waals surface area contributed by atoms with Crippen molar-refractivity contribution in [3.63, 3.8) is 0 Å². The number of guanidine groups is 2.